The number of hydrogen-bond donors (Lipinski definition) is 2. The Labute approximate surface area is 188 Å². The Morgan fingerprint density at radius 1 is 1.19 bits per heavy atom. The molecule has 0 aromatic heterocycles. The zero-order valence-electron chi connectivity index (χ0n) is 17.9. The van der Waals surface area contributed by atoms with Gasteiger partial charge in [-0.25, -0.2) is 13.1 Å². The van der Waals surface area contributed by atoms with Crippen LogP contribution in [0.4, 0.5) is 0 Å². The molecule has 1 fully saturated rings. The zero-order valence-corrected chi connectivity index (χ0v) is 18.7. The molecule has 0 radical (unpaired) electrons. The summed E-state index contributed by atoms with van der Waals surface area (Å²) in [6.45, 7) is 2.85. The van der Waals surface area contributed by atoms with Crippen molar-refractivity contribution >= 4 is 21.6 Å². The number of nitrogens with zero attached hydrogens (tertiary/aromatic N) is 1. The average molecular weight is 458 g/mol. The summed E-state index contributed by atoms with van der Waals surface area (Å²) in [6.07, 6.45) is 1.29. The number of carbonyl (C=O) groups is 1. The van der Waals surface area contributed by atoms with Crippen LogP contribution < -0.4 is 10.0 Å². The van der Waals surface area contributed by atoms with Gasteiger partial charge in [0.05, 0.1) is 17.5 Å². The molecule has 0 aliphatic carbocycles. The number of carbonyl (C=O) groups excluding carboxylic acids is 1. The van der Waals surface area contributed by atoms with Gasteiger partial charge in [-0.05, 0) is 43.0 Å². The largest absolute Gasteiger partial charge is 0.384 e. The average Bonchev–Trinajstić information content (AvgIpc) is 3.21. The summed E-state index contributed by atoms with van der Waals surface area (Å²) in [6, 6.07) is 16.0. The highest BCUT2D eigenvalue weighted by atomic mass is 32.2. The molecule has 2 atom stereocenters. The fraction of sp³-hybridized carbons (Fsp3) is 0.391. The fourth-order valence-electron chi connectivity index (χ4n) is 3.96. The topological polar surface area (TPSA) is 106 Å². The predicted molar refractivity (Wildman–Crippen MR) is 120 cm³/mol. The molecule has 0 saturated carbocycles. The number of rotatable bonds is 7. The van der Waals surface area contributed by atoms with Gasteiger partial charge >= 0.3 is 0 Å². The van der Waals surface area contributed by atoms with Gasteiger partial charge in [0.1, 0.15) is 5.71 Å². The van der Waals surface area contributed by atoms with Gasteiger partial charge in [0.25, 0.3) is 5.91 Å². The first-order valence-electron chi connectivity index (χ1n) is 10.6. The third kappa shape index (κ3) is 5.01. The molecule has 4 rings (SSSR count). The van der Waals surface area contributed by atoms with Crippen molar-refractivity contribution in [3.8, 4) is 0 Å². The number of ether oxygens (including phenoxy) is 1. The molecular weight excluding hydrogens is 430 g/mol. The van der Waals surface area contributed by atoms with Crippen molar-refractivity contribution in [2.75, 3.05) is 19.8 Å². The first-order valence-corrected chi connectivity index (χ1v) is 12.1. The summed E-state index contributed by atoms with van der Waals surface area (Å²) in [5.41, 5.74) is 1.18. The van der Waals surface area contributed by atoms with Crippen LogP contribution in [0, 0.1) is 6.92 Å². The van der Waals surface area contributed by atoms with E-state index >= 15 is 0 Å². The minimum Gasteiger partial charge on any atom is -0.384 e. The quantitative estimate of drug-likeness (QED) is 0.661. The van der Waals surface area contributed by atoms with E-state index in [1.165, 1.54) is 0 Å². The summed E-state index contributed by atoms with van der Waals surface area (Å²) in [5, 5.41) is 6.86. The number of oxime groups is 1. The number of benzene rings is 2. The van der Waals surface area contributed by atoms with E-state index in [0.29, 0.717) is 26.0 Å². The van der Waals surface area contributed by atoms with E-state index in [2.05, 4.69) is 15.2 Å². The first kappa shape index (κ1) is 22.4. The lowest BCUT2D eigenvalue weighted by Crippen LogP contribution is -2.58. The van der Waals surface area contributed by atoms with Crippen molar-refractivity contribution in [3.05, 3.63) is 65.7 Å². The Morgan fingerprint density at radius 3 is 2.78 bits per heavy atom. The summed E-state index contributed by atoms with van der Waals surface area (Å²) in [5.74, 6) is -0.316. The molecule has 2 aliphatic rings. The maximum absolute atomic E-state index is 13.0. The van der Waals surface area contributed by atoms with E-state index in [-0.39, 0.29) is 29.5 Å². The molecule has 0 unspecified atom stereocenters. The third-order valence-electron chi connectivity index (χ3n) is 5.74. The maximum Gasteiger partial charge on any atom is 0.269 e. The lowest BCUT2D eigenvalue weighted by Gasteiger charge is -2.38. The highest BCUT2D eigenvalue weighted by Crippen LogP contribution is 2.34. The molecule has 32 heavy (non-hydrogen) atoms. The normalized spacial score (nSPS) is 22.9. The third-order valence-corrected chi connectivity index (χ3v) is 7.21. The van der Waals surface area contributed by atoms with Gasteiger partial charge in [0.2, 0.25) is 10.0 Å². The van der Waals surface area contributed by atoms with Crippen molar-refractivity contribution < 1.29 is 22.8 Å². The van der Waals surface area contributed by atoms with Gasteiger partial charge in [0, 0.05) is 19.6 Å². The zero-order chi connectivity index (χ0) is 22.6. The van der Waals surface area contributed by atoms with E-state index in [4.69, 9.17) is 9.57 Å². The molecule has 2 aliphatic heterocycles. The second-order valence-electron chi connectivity index (χ2n) is 8.19. The second-order valence-corrected chi connectivity index (χ2v) is 9.91. The van der Waals surface area contributed by atoms with Crippen molar-refractivity contribution in [1.82, 2.24) is 10.0 Å². The van der Waals surface area contributed by atoms with Crippen LogP contribution in [0.15, 0.2) is 64.6 Å². The maximum atomic E-state index is 13.0. The van der Waals surface area contributed by atoms with Crippen molar-refractivity contribution in [3.63, 3.8) is 0 Å². The Bertz CT molecular complexity index is 1100. The Morgan fingerprint density at radius 2 is 2.00 bits per heavy atom. The first-order chi connectivity index (χ1) is 15.4. The Balaban J connectivity index is 1.39. The number of sulfonamides is 1. The van der Waals surface area contributed by atoms with Crippen LogP contribution in [0.1, 0.15) is 24.0 Å². The summed E-state index contributed by atoms with van der Waals surface area (Å²) in [4.78, 5) is 18.5. The summed E-state index contributed by atoms with van der Waals surface area (Å²) >= 11 is 0. The molecule has 2 heterocycles. The van der Waals surface area contributed by atoms with Crippen molar-refractivity contribution in [1.29, 1.82) is 0 Å². The number of hydrogen-bond acceptors (Lipinski definition) is 6. The Hall–Kier alpha value is -2.75. The molecule has 170 valence electrons. The van der Waals surface area contributed by atoms with Gasteiger partial charge in [-0.3, -0.25) is 4.79 Å². The van der Waals surface area contributed by atoms with Crippen LogP contribution in [0.5, 0.6) is 0 Å². The summed E-state index contributed by atoms with van der Waals surface area (Å²) in [7, 11) is -3.77. The van der Waals surface area contributed by atoms with Gasteiger partial charge in [-0.1, -0.05) is 47.6 Å². The van der Waals surface area contributed by atoms with Crippen LogP contribution in [0.25, 0.3) is 0 Å². The van der Waals surface area contributed by atoms with Gasteiger partial charge < -0.3 is 14.9 Å². The van der Waals surface area contributed by atoms with E-state index in [0.717, 1.165) is 11.1 Å². The highest BCUT2D eigenvalue weighted by molar-refractivity contribution is 7.89. The Kier molecular flexibility index (Phi) is 6.59. The second kappa shape index (κ2) is 9.40. The van der Waals surface area contributed by atoms with E-state index in [9.17, 15) is 13.2 Å². The highest BCUT2D eigenvalue weighted by Gasteiger charge is 2.51. The minimum absolute atomic E-state index is 0.151. The number of amides is 1. The summed E-state index contributed by atoms with van der Waals surface area (Å²) < 4.78 is 34.3. The predicted octanol–water partition coefficient (Wildman–Crippen LogP) is 1.94. The smallest absolute Gasteiger partial charge is 0.269 e. The molecule has 9 heteroatoms. The molecule has 8 nitrogen and oxygen atoms in total. The SMILES string of the molecule is Cc1cccc(S(=O)(=O)N[C@H]2CCOC[C@@]23CC(C(=O)NCCc2ccccc2)=NO3)c1. The molecule has 1 amide bonds. The van der Waals surface area contributed by atoms with E-state index in [1.807, 2.05) is 43.3 Å². The van der Waals surface area contributed by atoms with Crippen molar-refractivity contribution in [2.45, 2.75) is 42.7 Å². The molecule has 0 bridgehead atoms. The van der Waals surface area contributed by atoms with Crippen molar-refractivity contribution in [2.24, 2.45) is 5.16 Å². The van der Waals surface area contributed by atoms with E-state index in [1.54, 1.807) is 18.2 Å². The van der Waals surface area contributed by atoms with Gasteiger partial charge in [-0.2, -0.15) is 0 Å². The van der Waals surface area contributed by atoms with Crippen LogP contribution in [0.2, 0.25) is 0 Å². The number of aryl methyl sites for hydroxylation is 1. The molecule has 1 saturated heterocycles. The minimum atomic E-state index is -3.77. The van der Waals surface area contributed by atoms with Crippen LogP contribution >= 0.6 is 0 Å². The van der Waals surface area contributed by atoms with E-state index < -0.39 is 21.7 Å². The van der Waals surface area contributed by atoms with Gasteiger partial charge in [-0.15, -0.1) is 0 Å². The molecule has 1 spiro atoms. The lowest BCUT2D eigenvalue weighted by atomic mass is 9.86. The standard InChI is InChI=1S/C23H27N3O5S/c1-17-6-5-9-19(14-17)32(28,29)26-21-11-13-30-16-23(21)15-20(25-31-23)22(27)24-12-10-18-7-3-2-4-8-18/h2-9,14,21,26H,10-13,15-16H2,1H3,(H,24,27)/t21-,23-/m0/s1. The van der Waals surface area contributed by atoms with Gasteiger partial charge in [0.15, 0.2) is 5.60 Å². The molecule has 2 N–H and O–H groups in total. The fourth-order valence-corrected chi connectivity index (χ4v) is 5.40. The lowest BCUT2D eigenvalue weighted by molar-refractivity contribution is -0.126. The molecule has 2 aromatic carbocycles. The number of nitrogens with one attached hydrogen (secondary N) is 2. The monoisotopic (exact) mass is 457 g/mol. The van der Waals surface area contributed by atoms with Crippen LogP contribution in [-0.2, 0) is 30.8 Å². The molecular formula is C23H27N3O5S. The molecule has 2 aromatic rings. The van der Waals surface area contributed by atoms with Crippen LogP contribution in [-0.4, -0.2) is 51.4 Å². The van der Waals surface area contributed by atoms with Crippen LogP contribution in [0.3, 0.4) is 0 Å².